The molecule has 3 aromatic heterocycles. The van der Waals surface area contributed by atoms with Crippen LogP contribution in [0.15, 0.2) is 24.7 Å². The third-order valence-electron chi connectivity index (χ3n) is 5.04. The number of halogens is 1. The predicted molar refractivity (Wildman–Crippen MR) is 96.7 cm³/mol. The van der Waals surface area contributed by atoms with Gasteiger partial charge >= 0.3 is 0 Å². The molecule has 1 N–H and O–H groups in total. The van der Waals surface area contributed by atoms with E-state index >= 15 is 0 Å². The van der Waals surface area contributed by atoms with E-state index < -0.39 is 5.82 Å². The van der Waals surface area contributed by atoms with Crippen LogP contribution in [-0.2, 0) is 6.42 Å². The van der Waals surface area contributed by atoms with E-state index in [2.05, 4.69) is 28.5 Å². The predicted octanol–water partition coefficient (Wildman–Crippen LogP) is 3.43. The summed E-state index contributed by atoms with van der Waals surface area (Å²) in [5.74, 6) is 1.58. The first-order valence-corrected chi connectivity index (χ1v) is 9.28. The van der Waals surface area contributed by atoms with Gasteiger partial charge in [-0.15, -0.1) is 0 Å². The van der Waals surface area contributed by atoms with Crippen LogP contribution in [0.25, 0.3) is 16.9 Å². The number of aromatic nitrogens is 5. The summed E-state index contributed by atoms with van der Waals surface area (Å²) in [6.45, 7) is 4.33. The van der Waals surface area contributed by atoms with Gasteiger partial charge < -0.3 is 9.67 Å². The van der Waals surface area contributed by atoms with Crippen molar-refractivity contribution in [3.63, 3.8) is 0 Å². The Hall–Kier alpha value is -2.28. The molecule has 2 atom stereocenters. The van der Waals surface area contributed by atoms with Crippen molar-refractivity contribution in [2.24, 2.45) is 5.92 Å². The minimum absolute atomic E-state index is 0.0205. The minimum atomic E-state index is -0.399. The second-order valence-corrected chi connectivity index (χ2v) is 7.55. The number of imidazole rings is 1. The molecule has 0 aromatic carbocycles. The summed E-state index contributed by atoms with van der Waals surface area (Å²) in [5, 5.41) is 14.6. The average molecular weight is 357 g/mol. The molecule has 6 nitrogen and oxygen atoms in total. The summed E-state index contributed by atoms with van der Waals surface area (Å²) >= 11 is 0. The number of aliphatic hydroxyl groups excluding tert-OH is 1. The lowest BCUT2D eigenvalue weighted by atomic mass is 9.92. The Morgan fingerprint density at radius 1 is 1.27 bits per heavy atom. The molecule has 26 heavy (non-hydrogen) atoms. The number of aliphatic hydroxyl groups is 1. The molecule has 4 rings (SSSR count). The van der Waals surface area contributed by atoms with Gasteiger partial charge in [-0.3, -0.25) is 0 Å². The van der Waals surface area contributed by atoms with E-state index in [0.717, 1.165) is 55.2 Å². The molecule has 3 heterocycles. The molecule has 1 saturated carbocycles. The van der Waals surface area contributed by atoms with Gasteiger partial charge in [0.2, 0.25) is 0 Å². The largest absolute Gasteiger partial charge is 0.391 e. The first kappa shape index (κ1) is 17.1. The zero-order chi connectivity index (χ0) is 18.3. The molecule has 1 unspecified atom stereocenters. The Morgan fingerprint density at radius 3 is 2.77 bits per heavy atom. The summed E-state index contributed by atoms with van der Waals surface area (Å²) in [5.41, 5.74) is 1.72. The highest BCUT2D eigenvalue weighted by Gasteiger charge is 2.28. The minimum Gasteiger partial charge on any atom is -0.391 e. The molecule has 1 aliphatic rings. The van der Waals surface area contributed by atoms with Gasteiger partial charge in [-0.25, -0.2) is 19.0 Å². The second-order valence-electron chi connectivity index (χ2n) is 7.55. The van der Waals surface area contributed by atoms with Gasteiger partial charge in [-0.2, -0.15) is 5.10 Å². The Balaban J connectivity index is 1.86. The maximum Gasteiger partial charge on any atom is 0.161 e. The normalized spacial score (nSPS) is 21.0. The summed E-state index contributed by atoms with van der Waals surface area (Å²) in [7, 11) is 0. The third-order valence-corrected chi connectivity index (χ3v) is 5.04. The maximum absolute atomic E-state index is 13.3. The Kier molecular flexibility index (Phi) is 4.48. The SMILES string of the molecule is CC(C)Cc1nc2cnc(-n3cc(F)cn3)cc2n1C1CCCC[C@@H]1O. The number of fused-ring (bicyclic) bond motifs is 1. The molecule has 0 radical (unpaired) electrons. The molecular formula is C19H24FN5O. The van der Waals surface area contributed by atoms with Crippen molar-refractivity contribution in [1.82, 2.24) is 24.3 Å². The van der Waals surface area contributed by atoms with Crippen molar-refractivity contribution < 1.29 is 9.50 Å². The summed E-state index contributed by atoms with van der Waals surface area (Å²) in [4.78, 5) is 9.17. The van der Waals surface area contributed by atoms with Crippen LogP contribution >= 0.6 is 0 Å². The highest BCUT2D eigenvalue weighted by Crippen LogP contribution is 2.33. The zero-order valence-corrected chi connectivity index (χ0v) is 15.1. The van der Waals surface area contributed by atoms with Crippen molar-refractivity contribution in [3.05, 3.63) is 36.3 Å². The molecule has 0 aliphatic heterocycles. The molecule has 1 aliphatic carbocycles. The fourth-order valence-corrected chi connectivity index (χ4v) is 3.86. The van der Waals surface area contributed by atoms with Crippen LogP contribution in [0.1, 0.15) is 51.4 Å². The topological polar surface area (TPSA) is 68.8 Å². The van der Waals surface area contributed by atoms with Crippen molar-refractivity contribution in [2.45, 2.75) is 58.1 Å². The highest BCUT2D eigenvalue weighted by molar-refractivity contribution is 5.77. The third kappa shape index (κ3) is 3.11. The van der Waals surface area contributed by atoms with Gasteiger partial charge in [0.25, 0.3) is 0 Å². The maximum atomic E-state index is 13.3. The van der Waals surface area contributed by atoms with Gasteiger partial charge in [0.15, 0.2) is 11.6 Å². The smallest absolute Gasteiger partial charge is 0.161 e. The molecule has 1 fully saturated rings. The van der Waals surface area contributed by atoms with Gasteiger partial charge in [0.05, 0.1) is 36.3 Å². The average Bonchev–Trinajstić information content (AvgIpc) is 3.18. The highest BCUT2D eigenvalue weighted by atomic mass is 19.1. The number of pyridine rings is 1. The van der Waals surface area contributed by atoms with E-state index in [1.54, 1.807) is 6.20 Å². The molecule has 3 aromatic rings. The Labute approximate surface area is 151 Å². The first-order chi connectivity index (χ1) is 12.5. The Bertz CT molecular complexity index is 916. The lowest BCUT2D eigenvalue weighted by Gasteiger charge is -2.30. The van der Waals surface area contributed by atoms with E-state index in [0.29, 0.717) is 11.7 Å². The van der Waals surface area contributed by atoms with E-state index in [1.165, 1.54) is 10.9 Å². The van der Waals surface area contributed by atoms with E-state index in [-0.39, 0.29) is 12.1 Å². The van der Waals surface area contributed by atoms with Crippen molar-refractivity contribution >= 4 is 11.0 Å². The fourth-order valence-electron chi connectivity index (χ4n) is 3.86. The van der Waals surface area contributed by atoms with Gasteiger partial charge in [0, 0.05) is 12.5 Å². The monoisotopic (exact) mass is 357 g/mol. The zero-order valence-electron chi connectivity index (χ0n) is 15.1. The Morgan fingerprint density at radius 2 is 2.08 bits per heavy atom. The van der Waals surface area contributed by atoms with Crippen molar-refractivity contribution in [3.8, 4) is 5.82 Å². The molecule has 0 spiro atoms. The van der Waals surface area contributed by atoms with Crippen molar-refractivity contribution in [1.29, 1.82) is 0 Å². The van der Waals surface area contributed by atoms with E-state index in [9.17, 15) is 9.50 Å². The van der Waals surface area contributed by atoms with Gasteiger partial charge in [-0.1, -0.05) is 26.7 Å². The second kappa shape index (κ2) is 6.79. The quantitative estimate of drug-likeness (QED) is 0.777. The molecular weight excluding hydrogens is 333 g/mol. The van der Waals surface area contributed by atoms with Gasteiger partial charge in [0.1, 0.15) is 11.3 Å². The van der Waals surface area contributed by atoms with E-state index in [4.69, 9.17) is 4.98 Å². The van der Waals surface area contributed by atoms with Crippen LogP contribution in [0.2, 0.25) is 0 Å². The van der Waals surface area contributed by atoms with Gasteiger partial charge in [-0.05, 0) is 18.8 Å². The van der Waals surface area contributed by atoms with E-state index in [1.807, 2.05) is 6.07 Å². The fraction of sp³-hybridized carbons (Fsp3) is 0.526. The number of hydrogen-bond donors (Lipinski definition) is 1. The van der Waals surface area contributed by atoms with Crippen molar-refractivity contribution in [2.75, 3.05) is 0 Å². The van der Waals surface area contributed by atoms with Crippen LogP contribution in [-0.4, -0.2) is 35.5 Å². The first-order valence-electron chi connectivity index (χ1n) is 9.28. The molecule has 0 saturated heterocycles. The summed E-state index contributed by atoms with van der Waals surface area (Å²) in [6, 6.07) is 1.91. The standard InChI is InChI=1S/C19H24FN5O/c1-12(2)7-19-23-14-10-21-18(24-11-13(20)9-22-24)8-16(14)25(19)15-5-3-4-6-17(15)26/h8-12,15,17,26H,3-7H2,1-2H3/t15?,17-/m0/s1. The molecule has 0 amide bonds. The van der Waals surface area contributed by atoms with Crippen LogP contribution in [0.3, 0.4) is 0 Å². The summed E-state index contributed by atoms with van der Waals surface area (Å²) in [6.07, 6.45) is 8.56. The molecule has 138 valence electrons. The lowest BCUT2D eigenvalue weighted by molar-refractivity contribution is 0.0757. The van der Waals surface area contributed by atoms with Crippen LogP contribution in [0.4, 0.5) is 4.39 Å². The molecule has 7 heteroatoms. The van der Waals surface area contributed by atoms with Crippen LogP contribution < -0.4 is 0 Å². The summed E-state index contributed by atoms with van der Waals surface area (Å²) < 4.78 is 16.9. The number of hydrogen-bond acceptors (Lipinski definition) is 4. The van der Waals surface area contributed by atoms with Crippen LogP contribution in [0, 0.1) is 11.7 Å². The number of rotatable bonds is 4. The molecule has 0 bridgehead atoms. The number of nitrogens with zero attached hydrogens (tertiary/aromatic N) is 5. The lowest BCUT2D eigenvalue weighted by Crippen LogP contribution is -2.29. The van der Waals surface area contributed by atoms with Crippen LogP contribution in [0.5, 0.6) is 0 Å².